The van der Waals surface area contributed by atoms with Gasteiger partial charge in [0, 0.05) is 24.0 Å². The van der Waals surface area contributed by atoms with Gasteiger partial charge in [0.05, 0.1) is 0 Å². The number of fused-ring (bicyclic) bond motifs is 3. The Morgan fingerprint density at radius 3 is 3.06 bits per heavy atom. The molecule has 2 N–H and O–H groups in total. The minimum absolute atomic E-state index is 0.194. The molecule has 17 heavy (non-hydrogen) atoms. The van der Waals surface area contributed by atoms with Gasteiger partial charge >= 0.3 is 0 Å². The zero-order valence-corrected chi connectivity index (χ0v) is 9.06. The van der Waals surface area contributed by atoms with Gasteiger partial charge in [0.1, 0.15) is 23.1 Å². The highest BCUT2D eigenvalue weighted by Crippen LogP contribution is 2.23. The summed E-state index contributed by atoms with van der Waals surface area (Å²) >= 11 is 0. The van der Waals surface area contributed by atoms with Gasteiger partial charge in [-0.05, 0) is 6.07 Å². The van der Waals surface area contributed by atoms with Crippen molar-refractivity contribution in [1.29, 1.82) is 0 Å². The molecule has 1 amide bonds. The number of aromatic nitrogens is 4. The first-order valence-electron chi connectivity index (χ1n) is 5.10. The zero-order chi connectivity index (χ0) is 11.8. The van der Waals surface area contributed by atoms with Gasteiger partial charge in [-0.3, -0.25) is 9.89 Å². The number of H-pyrrole nitrogens is 1. The van der Waals surface area contributed by atoms with Crippen LogP contribution in [0.3, 0.4) is 0 Å². The quantitative estimate of drug-likeness (QED) is 0.646. The molecule has 0 aliphatic rings. The fraction of sp³-hybridized carbons (Fsp3) is 0.0909. The van der Waals surface area contributed by atoms with Crippen molar-refractivity contribution in [1.82, 2.24) is 25.5 Å². The Bertz CT molecular complexity index is 718. The number of benzene rings is 1. The number of carbonyl (C=O) groups is 1. The van der Waals surface area contributed by atoms with Crippen LogP contribution in [0.5, 0.6) is 0 Å². The minimum Gasteiger partial charge on any atom is -0.354 e. The van der Waals surface area contributed by atoms with Gasteiger partial charge in [-0.25, -0.2) is 9.97 Å². The maximum atomic E-state index is 11.6. The molecule has 0 aliphatic carbocycles. The Morgan fingerprint density at radius 1 is 1.35 bits per heavy atom. The van der Waals surface area contributed by atoms with Crippen molar-refractivity contribution in [3.05, 3.63) is 30.4 Å². The van der Waals surface area contributed by atoms with E-state index in [2.05, 4.69) is 25.5 Å². The summed E-state index contributed by atoms with van der Waals surface area (Å²) in [5, 5.41) is 11.1. The highest BCUT2D eigenvalue weighted by Gasteiger charge is 2.14. The van der Waals surface area contributed by atoms with E-state index in [0.717, 1.165) is 16.3 Å². The Morgan fingerprint density at radius 2 is 2.24 bits per heavy atom. The summed E-state index contributed by atoms with van der Waals surface area (Å²) in [5.74, 6) is -0.194. The molecule has 0 bridgehead atoms. The fourth-order valence-electron chi connectivity index (χ4n) is 1.82. The van der Waals surface area contributed by atoms with Crippen molar-refractivity contribution in [2.24, 2.45) is 0 Å². The van der Waals surface area contributed by atoms with E-state index in [4.69, 9.17) is 0 Å². The Kier molecular flexibility index (Phi) is 2.01. The van der Waals surface area contributed by atoms with Crippen LogP contribution in [0.1, 0.15) is 10.5 Å². The summed E-state index contributed by atoms with van der Waals surface area (Å²) in [6.07, 6.45) is 3.19. The molecule has 2 aromatic heterocycles. The van der Waals surface area contributed by atoms with Crippen molar-refractivity contribution >= 4 is 27.7 Å². The molecule has 0 fully saturated rings. The van der Waals surface area contributed by atoms with E-state index in [1.165, 1.54) is 6.33 Å². The van der Waals surface area contributed by atoms with E-state index in [1.54, 1.807) is 13.2 Å². The summed E-state index contributed by atoms with van der Waals surface area (Å²) < 4.78 is 0. The van der Waals surface area contributed by atoms with Crippen LogP contribution in [0, 0.1) is 0 Å². The Balaban J connectivity index is 2.39. The van der Waals surface area contributed by atoms with Gasteiger partial charge in [-0.1, -0.05) is 6.07 Å². The van der Waals surface area contributed by atoms with Gasteiger partial charge in [0.15, 0.2) is 0 Å². The molecule has 0 atom stereocenters. The van der Waals surface area contributed by atoms with Crippen LogP contribution in [0.2, 0.25) is 0 Å². The fourth-order valence-corrected chi connectivity index (χ4v) is 1.82. The summed E-state index contributed by atoms with van der Waals surface area (Å²) in [5.41, 5.74) is 1.87. The van der Waals surface area contributed by atoms with Crippen molar-refractivity contribution in [2.75, 3.05) is 7.05 Å². The smallest absolute Gasteiger partial charge is 0.269 e. The molecule has 0 saturated carbocycles. The summed E-state index contributed by atoms with van der Waals surface area (Å²) in [7, 11) is 1.58. The van der Waals surface area contributed by atoms with Crippen LogP contribution < -0.4 is 5.32 Å². The predicted octanol–water partition coefficient (Wildman–Crippen LogP) is 0.866. The number of amides is 1. The second kappa shape index (κ2) is 3.51. The first kappa shape index (κ1) is 9.71. The number of rotatable bonds is 1. The maximum Gasteiger partial charge on any atom is 0.269 e. The van der Waals surface area contributed by atoms with E-state index >= 15 is 0 Å². The Hall–Kier alpha value is -2.50. The molecule has 84 valence electrons. The van der Waals surface area contributed by atoms with E-state index < -0.39 is 0 Å². The van der Waals surface area contributed by atoms with Gasteiger partial charge < -0.3 is 5.32 Å². The first-order valence-corrected chi connectivity index (χ1v) is 5.10. The van der Waals surface area contributed by atoms with Crippen molar-refractivity contribution in [2.45, 2.75) is 0 Å². The van der Waals surface area contributed by atoms with Crippen molar-refractivity contribution in [3.8, 4) is 0 Å². The molecule has 6 heteroatoms. The molecule has 1 aromatic carbocycles. The van der Waals surface area contributed by atoms with E-state index in [-0.39, 0.29) is 5.91 Å². The molecule has 0 unspecified atom stereocenters. The molecular weight excluding hydrogens is 218 g/mol. The van der Waals surface area contributed by atoms with Crippen LogP contribution in [0.15, 0.2) is 24.7 Å². The number of carbonyl (C=O) groups excluding carboxylic acids is 1. The van der Waals surface area contributed by atoms with Crippen LogP contribution in [0.4, 0.5) is 0 Å². The highest BCUT2D eigenvalue weighted by molar-refractivity contribution is 6.11. The van der Waals surface area contributed by atoms with Crippen LogP contribution in [0.25, 0.3) is 21.8 Å². The van der Waals surface area contributed by atoms with Gasteiger partial charge in [0.2, 0.25) is 0 Å². The van der Waals surface area contributed by atoms with Crippen molar-refractivity contribution < 1.29 is 4.79 Å². The third kappa shape index (κ3) is 1.34. The molecular formula is C11H9N5O. The number of hydrogen-bond donors (Lipinski definition) is 2. The molecule has 0 spiro atoms. The molecule has 2 heterocycles. The number of aromatic amines is 1. The number of nitrogens with zero attached hydrogens (tertiary/aromatic N) is 3. The average molecular weight is 227 g/mol. The third-order valence-electron chi connectivity index (χ3n) is 2.65. The van der Waals surface area contributed by atoms with Crippen molar-refractivity contribution in [3.63, 3.8) is 0 Å². The molecule has 3 rings (SSSR count). The normalized spacial score (nSPS) is 10.9. The summed E-state index contributed by atoms with van der Waals surface area (Å²) in [6, 6.07) is 3.72. The second-order valence-corrected chi connectivity index (χ2v) is 3.60. The lowest BCUT2D eigenvalue weighted by Gasteiger charge is -1.98. The zero-order valence-electron chi connectivity index (χ0n) is 9.06. The lowest BCUT2D eigenvalue weighted by Crippen LogP contribution is -2.18. The highest BCUT2D eigenvalue weighted by atomic mass is 16.1. The van der Waals surface area contributed by atoms with Gasteiger partial charge in [-0.15, -0.1) is 0 Å². The third-order valence-corrected chi connectivity index (χ3v) is 2.65. The lowest BCUT2D eigenvalue weighted by atomic mass is 10.1. The topological polar surface area (TPSA) is 83.6 Å². The maximum absolute atomic E-state index is 11.6. The summed E-state index contributed by atoms with van der Waals surface area (Å²) in [4.78, 5) is 19.7. The largest absolute Gasteiger partial charge is 0.354 e. The Labute approximate surface area is 96.1 Å². The monoisotopic (exact) mass is 227 g/mol. The van der Waals surface area contributed by atoms with Crippen LogP contribution in [-0.4, -0.2) is 33.1 Å². The molecule has 0 saturated heterocycles. The SMILES string of the molecule is CNC(=O)c1[nH]nc2c1ccc1cncnc12. The van der Waals surface area contributed by atoms with Gasteiger partial charge in [-0.2, -0.15) is 5.10 Å². The standard InChI is InChI=1S/C11H9N5O/c1-12-11(17)10-7-3-2-6-4-13-5-14-8(6)9(7)15-16-10/h2-5H,1H3,(H,12,17)(H,15,16). The molecule has 3 aromatic rings. The molecule has 0 aliphatic heterocycles. The van der Waals surface area contributed by atoms with Crippen LogP contribution >= 0.6 is 0 Å². The van der Waals surface area contributed by atoms with Crippen LogP contribution in [-0.2, 0) is 0 Å². The van der Waals surface area contributed by atoms with Gasteiger partial charge in [0.25, 0.3) is 5.91 Å². The first-order chi connectivity index (χ1) is 8.31. The molecule has 0 radical (unpaired) electrons. The van der Waals surface area contributed by atoms with E-state index in [1.807, 2.05) is 12.1 Å². The van der Waals surface area contributed by atoms with E-state index in [9.17, 15) is 4.79 Å². The second-order valence-electron chi connectivity index (χ2n) is 3.60. The predicted molar refractivity (Wildman–Crippen MR) is 62.6 cm³/mol. The molecule has 6 nitrogen and oxygen atoms in total. The minimum atomic E-state index is -0.194. The lowest BCUT2D eigenvalue weighted by molar-refractivity contribution is 0.0959. The van der Waals surface area contributed by atoms with E-state index in [0.29, 0.717) is 11.2 Å². The number of nitrogens with one attached hydrogen (secondary N) is 2. The summed E-state index contributed by atoms with van der Waals surface area (Å²) in [6.45, 7) is 0. The number of hydrogen-bond acceptors (Lipinski definition) is 4. The average Bonchev–Trinajstić information content (AvgIpc) is 2.82.